The molecule has 0 radical (unpaired) electrons. The molecule has 2 aromatic rings. The number of nitrogens with one attached hydrogen (secondary N) is 1. The van der Waals surface area contributed by atoms with Crippen LogP contribution in [-0.2, 0) is 16.1 Å². The summed E-state index contributed by atoms with van der Waals surface area (Å²) in [6.07, 6.45) is 6.40. The van der Waals surface area contributed by atoms with Gasteiger partial charge in [-0.15, -0.1) is 0 Å². The molecule has 0 atom stereocenters. The number of amides is 2. The second-order valence-corrected chi connectivity index (χ2v) is 6.18. The van der Waals surface area contributed by atoms with Gasteiger partial charge in [-0.3, -0.25) is 19.0 Å². The van der Waals surface area contributed by atoms with Crippen LogP contribution in [0.25, 0.3) is 0 Å². The normalized spacial score (nSPS) is 14.8. The molecular weight excluding hydrogens is 324 g/mol. The van der Waals surface area contributed by atoms with Crippen molar-refractivity contribution in [3.63, 3.8) is 0 Å². The first-order valence-electron chi connectivity index (χ1n) is 8.26. The lowest BCUT2D eigenvalue weighted by atomic mass is 10.3. The fourth-order valence-corrected chi connectivity index (χ4v) is 2.51. The summed E-state index contributed by atoms with van der Waals surface area (Å²) >= 11 is 0. The van der Waals surface area contributed by atoms with Crippen molar-refractivity contribution in [3.8, 4) is 0 Å². The van der Waals surface area contributed by atoms with Crippen molar-refractivity contribution >= 4 is 17.5 Å². The number of aromatic nitrogens is 4. The fourth-order valence-electron chi connectivity index (χ4n) is 2.51. The second kappa shape index (κ2) is 7.47. The van der Waals surface area contributed by atoms with E-state index in [9.17, 15) is 9.59 Å². The standard InChI is InChI=1S/C16H22N6O3/c1-12(2)22-9-13(7-18-22)16(24)19-14-8-17-21(10-14)11-15(23)20-3-5-25-6-4-20/h7-10,12H,3-6,11H2,1-2H3,(H,19,24). The van der Waals surface area contributed by atoms with E-state index in [1.54, 1.807) is 22.0 Å². The Balaban J connectivity index is 1.57. The van der Waals surface area contributed by atoms with Gasteiger partial charge in [0.25, 0.3) is 5.91 Å². The minimum Gasteiger partial charge on any atom is -0.378 e. The first-order valence-corrected chi connectivity index (χ1v) is 8.26. The minimum atomic E-state index is -0.258. The summed E-state index contributed by atoms with van der Waals surface area (Å²) in [6.45, 7) is 6.45. The van der Waals surface area contributed by atoms with Crippen LogP contribution >= 0.6 is 0 Å². The van der Waals surface area contributed by atoms with Crippen molar-refractivity contribution in [1.29, 1.82) is 0 Å². The summed E-state index contributed by atoms with van der Waals surface area (Å²) < 4.78 is 8.48. The summed E-state index contributed by atoms with van der Waals surface area (Å²) in [4.78, 5) is 26.2. The van der Waals surface area contributed by atoms with Gasteiger partial charge < -0.3 is 15.0 Å². The molecule has 9 heteroatoms. The van der Waals surface area contributed by atoms with E-state index in [1.807, 2.05) is 13.8 Å². The van der Waals surface area contributed by atoms with Crippen LogP contribution in [0.2, 0.25) is 0 Å². The van der Waals surface area contributed by atoms with E-state index >= 15 is 0 Å². The average molecular weight is 346 g/mol. The monoisotopic (exact) mass is 346 g/mol. The van der Waals surface area contributed by atoms with Gasteiger partial charge in [0.05, 0.1) is 36.9 Å². The average Bonchev–Trinajstić information content (AvgIpc) is 3.25. The minimum absolute atomic E-state index is 0.0116. The number of hydrogen-bond donors (Lipinski definition) is 1. The molecule has 0 saturated carbocycles. The molecule has 0 bridgehead atoms. The molecule has 0 unspecified atom stereocenters. The molecule has 9 nitrogen and oxygen atoms in total. The Morgan fingerprint density at radius 1 is 1.20 bits per heavy atom. The Labute approximate surface area is 145 Å². The topological polar surface area (TPSA) is 94.3 Å². The van der Waals surface area contributed by atoms with Crippen LogP contribution in [0, 0.1) is 0 Å². The first-order chi connectivity index (χ1) is 12.0. The van der Waals surface area contributed by atoms with Gasteiger partial charge in [0.15, 0.2) is 0 Å². The van der Waals surface area contributed by atoms with Crippen LogP contribution in [0.3, 0.4) is 0 Å². The van der Waals surface area contributed by atoms with E-state index in [1.165, 1.54) is 17.1 Å². The molecule has 3 heterocycles. The highest BCUT2D eigenvalue weighted by molar-refractivity contribution is 6.03. The number of rotatable bonds is 5. The van der Waals surface area contributed by atoms with Gasteiger partial charge in [-0.05, 0) is 13.8 Å². The maximum Gasteiger partial charge on any atom is 0.258 e. The first kappa shape index (κ1) is 17.2. The Morgan fingerprint density at radius 3 is 2.64 bits per heavy atom. The van der Waals surface area contributed by atoms with Gasteiger partial charge in [-0.25, -0.2) is 0 Å². The maximum atomic E-state index is 12.2. The van der Waals surface area contributed by atoms with Crippen LogP contribution in [0.5, 0.6) is 0 Å². The van der Waals surface area contributed by atoms with E-state index < -0.39 is 0 Å². The number of anilines is 1. The highest BCUT2D eigenvalue weighted by atomic mass is 16.5. The largest absolute Gasteiger partial charge is 0.378 e. The highest BCUT2D eigenvalue weighted by Crippen LogP contribution is 2.10. The summed E-state index contributed by atoms with van der Waals surface area (Å²) in [5.74, 6) is -0.270. The Kier molecular flexibility index (Phi) is 5.13. The van der Waals surface area contributed by atoms with Gasteiger partial charge in [-0.2, -0.15) is 10.2 Å². The van der Waals surface area contributed by atoms with Crippen LogP contribution in [-0.4, -0.2) is 62.6 Å². The van der Waals surface area contributed by atoms with Crippen molar-refractivity contribution in [1.82, 2.24) is 24.5 Å². The quantitative estimate of drug-likeness (QED) is 0.863. The van der Waals surface area contributed by atoms with Gasteiger partial charge in [0.1, 0.15) is 6.54 Å². The third kappa shape index (κ3) is 4.24. The number of hydrogen-bond acceptors (Lipinski definition) is 5. The maximum absolute atomic E-state index is 12.2. The summed E-state index contributed by atoms with van der Waals surface area (Å²) in [5.41, 5.74) is 1.02. The lowest BCUT2D eigenvalue weighted by Gasteiger charge is -2.26. The zero-order valence-corrected chi connectivity index (χ0v) is 14.4. The molecule has 1 N–H and O–H groups in total. The van der Waals surface area contributed by atoms with Crippen molar-refractivity contribution in [2.75, 3.05) is 31.6 Å². The van der Waals surface area contributed by atoms with Crippen molar-refractivity contribution in [2.45, 2.75) is 26.4 Å². The molecule has 134 valence electrons. The second-order valence-electron chi connectivity index (χ2n) is 6.18. The molecular formula is C16H22N6O3. The molecule has 0 spiro atoms. The fraction of sp³-hybridized carbons (Fsp3) is 0.500. The molecule has 25 heavy (non-hydrogen) atoms. The number of carbonyl (C=O) groups is 2. The van der Waals surface area contributed by atoms with E-state index in [-0.39, 0.29) is 24.4 Å². The molecule has 3 rings (SSSR count). The van der Waals surface area contributed by atoms with Gasteiger partial charge in [-0.1, -0.05) is 0 Å². The zero-order chi connectivity index (χ0) is 17.8. The number of morpholine rings is 1. The number of carbonyl (C=O) groups excluding carboxylic acids is 2. The lowest BCUT2D eigenvalue weighted by molar-refractivity contribution is -0.136. The third-order valence-electron chi connectivity index (χ3n) is 3.94. The molecule has 1 saturated heterocycles. The highest BCUT2D eigenvalue weighted by Gasteiger charge is 2.18. The van der Waals surface area contributed by atoms with Crippen LogP contribution < -0.4 is 5.32 Å². The van der Waals surface area contributed by atoms with Gasteiger partial charge >= 0.3 is 0 Å². The summed E-state index contributed by atoms with van der Waals surface area (Å²) in [6, 6.07) is 0.190. The van der Waals surface area contributed by atoms with Gasteiger partial charge in [0, 0.05) is 31.5 Å². The van der Waals surface area contributed by atoms with E-state index in [0.29, 0.717) is 37.6 Å². The molecule has 1 aliphatic rings. The third-order valence-corrected chi connectivity index (χ3v) is 3.94. The molecule has 2 aromatic heterocycles. The number of nitrogens with zero attached hydrogens (tertiary/aromatic N) is 5. The molecule has 1 fully saturated rings. The summed E-state index contributed by atoms with van der Waals surface area (Å²) in [7, 11) is 0. The molecule has 0 aliphatic carbocycles. The van der Waals surface area contributed by atoms with E-state index in [4.69, 9.17) is 4.74 Å². The predicted octanol–water partition coefficient (Wildman–Crippen LogP) is 0.772. The van der Waals surface area contributed by atoms with Crippen molar-refractivity contribution < 1.29 is 14.3 Å². The molecule has 1 aliphatic heterocycles. The smallest absolute Gasteiger partial charge is 0.258 e. The van der Waals surface area contributed by atoms with Crippen LogP contribution in [0.1, 0.15) is 30.2 Å². The van der Waals surface area contributed by atoms with E-state index in [2.05, 4.69) is 15.5 Å². The summed E-state index contributed by atoms with van der Waals surface area (Å²) in [5, 5.41) is 11.0. The Morgan fingerprint density at radius 2 is 1.96 bits per heavy atom. The Hall–Kier alpha value is -2.68. The predicted molar refractivity (Wildman–Crippen MR) is 90.2 cm³/mol. The number of ether oxygens (including phenoxy) is 1. The van der Waals surface area contributed by atoms with Crippen molar-refractivity contribution in [2.24, 2.45) is 0 Å². The Bertz CT molecular complexity index is 745. The zero-order valence-electron chi connectivity index (χ0n) is 14.4. The molecule has 0 aromatic carbocycles. The van der Waals surface area contributed by atoms with Crippen LogP contribution in [0.15, 0.2) is 24.8 Å². The van der Waals surface area contributed by atoms with Gasteiger partial charge in [0.2, 0.25) is 5.91 Å². The molecule has 2 amide bonds. The SMILES string of the molecule is CC(C)n1cc(C(=O)Nc2cnn(CC(=O)N3CCOCC3)c2)cn1. The van der Waals surface area contributed by atoms with E-state index in [0.717, 1.165) is 0 Å². The van der Waals surface area contributed by atoms with Crippen LogP contribution in [0.4, 0.5) is 5.69 Å². The lowest BCUT2D eigenvalue weighted by Crippen LogP contribution is -2.42. The van der Waals surface area contributed by atoms with Crippen molar-refractivity contribution in [3.05, 3.63) is 30.4 Å².